The molecule has 2 rings (SSSR count). The fraction of sp³-hybridized carbons (Fsp3) is 0.412. The summed E-state index contributed by atoms with van der Waals surface area (Å²) in [6, 6.07) is 14.1. The second-order valence-electron chi connectivity index (χ2n) is 5.15. The lowest BCUT2D eigenvalue weighted by molar-refractivity contribution is 0.500. The molecule has 0 saturated carbocycles. The van der Waals surface area contributed by atoms with Gasteiger partial charge in [-0.15, -0.1) is 11.3 Å². The van der Waals surface area contributed by atoms with Gasteiger partial charge in [0.25, 0.3) is 0 Å². The molecule has 2 aromatic rings. The Bertz CT molecular complexity index is 512. The largest absolute Gasteiger partial charge is 0.303 e. The van der Waals surface area contributed by atoms with Crippen LogP contribution in [-0.2, 0) is 6.42 Å². The quantitative estimate of drug-likeness (QED) is 0.805. The Morgan fingerprint density at radius 2 is 1.68 bits per heavy atom. The van der Waals surface area contributed by atoms with Crippen LogP contribution in [-0.4, -0.2) is 0 Å². The van der Waals surface area contributed by atoms with Gasteiger partial charge in [-0.3, -0.25) is 0 Å². The molecule has 0 bridgehead atoms. The first-order chi connectivity index (χ1) is 9.10. The molecule has 1 nitrogen and oxygen atoms in total. The molecule has 2 heteroatoms. The zero-order valence-corrected chi connectivity index (χ0v) is 13.1. The molecule has 2 unspecified atom stereocenters. The number of hydrogen-bond acceptors (Lipinski definition) is 2. The number of benzene rings is 1. The summed E-state index contributed by atoms with van der Waals surface area (Å²) in [5, 5.41) is 3.67. The minimum Gasteiger partial charge on any atom is -0.303 e. The van der Waals surface area contributed by atoms with E-state index in [0.29, 0.717) is 12.1 Å². The molecule has 102 valence electrons. The Morgan fingerprint density at radius 1 is 1.00 bits per heavy atom. The van der Waals surface area contributed by atoms with Crippen LogP contribution in [0, 0.1) is 6.92 Å². The maximum Gasteiger partial charge on any atom is 0.0391 e. The van der Waals surface area contributed by atoms with Gasteiger partial charge < -0.3 is 5.32 Å². The minimum absolute atomic E-state index is 0.378. The predicted octanol–water partition coefficient (Wildman–Crippen LogP) is 5.03. The first-order valence-electron chi connectivity index (χ1n) is 7.01. The van der Waals surface area contributed by atoms with Gasteiger partial charge in [-0.25, -0.2) is 0 Å². The van der Waals surface area contributed by atoms with Gasteiger partial charge in [0.2, 0.25) is 0 Å². The first kappa shape index (κ1) is 14.3. The van der Waals surface area contributed by atoms with E-state index < -0.39 is 0 Å². The third kappa shape index (κ3) is 3.68. The second-order valence-corrected chi connectivity index (χ2v) is 6.47. The molecule has 1 aromatic heterocycles. The summed E-state index contributed by atoms with van der Waals surface area (Å²) >= 11 is 1.88. The lowest BCUT2D eigenvalue weighted by Gasteiger charge is -2.19. The molecule has 0 fully saturated rings. The van der Waals surface area contributed by atoms with E-state index >= 15 is 0 Å². The maximum absolute atomic E-state index is 3.67. The van der Waals surface area contributed by atoms with Crippen LogP contribution in [0.5, 0.6) is 0 Å². The van der Waals surface area contributed by atoms with Crippen molar-refractivity contribution >= 4 is 11.3 Å². The van der Waals surface area contributed by atoms with Gasteiger partial charge in [-0.2, -0.15) is 0 Å². The van der Waals surface area contributed by atoms with Crippen LogP contribution < -0.4 is 5.32 Å². The van der Waals surface area contributed by atoms with Crippen molar-refractivity contribution in [1.29, 1.82) is 0 Å². The number of rotatable bonds is 5. The highest BCUT2D eigenvalue weighted by Gasteiger charge is 2.12. The van der Waals surface area contributed by atoms with E-state index in [0.717, 1.165) is 6.42 Å². The monoisotopic (exact) mass is 273 g/mol. The third-order valence-corrected chi connectivity index (χ3v) is 4.76. The SMILES string of the molecule is CCc1ccc(C(C)NC(C)c2ccc(C)s2)cc1. The standard InChI is InChI=1S/C17H23NS/c1-5-15-7-9-16(10-8-15)13(3)18-14(4)17-11-6-12(2)19-17/h6-11,13-14,18H,5H2,1-4H3. The minimum atomic E-state index is 0.378. The van der Waals surface area contributed by atoms with Crippen molar-refractivity contribution in [3.05, 3.63) is 57.3 Å². The highest BCUT2D eigenvalue weighted by Crippen LogP contribution is 2.25. The van der Waals surface area contributed by atoms with Crippen LogP contribution in [0.15, 0.2) is 36.4 Å². The first-order valence-corrected chi connectivity index (χ1v) is 7.83. The van der Waals surface area contributed by atoms with Crippen LogP contribution in [0.4, 0.5) is 0 Å². The lowest BCUT2D eigenvalue weighted by Crippen LogP contribution is -2.21. The average Bonchev–Trinajstić information content (AvgIpc) is 2.85. The summed E-state index contributed by atoms with van der Waals surface area (Å²) < 4.78 is 0. The molecule has 0 aliphatic heterocycles. The zero-order valence-electron chi connectivity index (χ0n) is 12.2. The summed E-state index contributed by atoms with van der Waals surface area (Å²) in [4.78, 5) is 2.79. The van der Waals surface area contributed by atoms with Crippen LogP contribution in [0.2, 0.25) is 0 Å². The van der Waals surface area contributed by atoms with Gasteiger partial charge in [-0.1, -0.05) is 31.2 Å². The van der Waals surface area contributed by atoms with E-state index in [1.807, 2.05) is 11.3 Å². The Kier molecular flexibility index (Phi) is 4.78. The molecule has 19 heavy (non-hydrogen) atoms. The number of aryl methyl sites for hydroxylation is 2. The molecule has 0 radical (unpaired) electrons. The molecular weight excluding hydrogens is 250 g/mol. The summed E-state index contributed by atoms with van der Waals surface area (Å²) in [6.07, 6.45) is 1.10. The summed E-state index contributed by atoms with van der Waals surface area (Å²) in [6.45, 7) is 8.83. The predicted molar refractivity (Wildman–Crippen MR) is 84.8 cm³/mol. The number of hydrogen-bond donors (Lipinski definition) is 1. The molecule has 2 atom stereocenters. The molecule has 0 aliphatic rings. The van der Waals surface area contributed by atoms with Crippen LogP contribution >= 0.6 is 11.3 Å². The molecule has 1 heterocycles. The fourth-order valence-corrected chi connectivity index (χ4v) is 3.17. The van der Waals surface area contributed by atoms with Crippen molar-refractivity contribution in [3.8, 4) is 0 Å². The van der Waals surface area contributed by atoms with E-state index in [9.17, 15) is 0 Å². The van der Waals surface area contributed by atoms with Crippen LogP contribution in [0.3, 0.4) is 0 Å². The van der Waals surface area contributed by atoms with Gasteiger partial charge >= 0.3 is 0 Å². The van der Waals surface area contributed by atoms with Crippen molar-refractivity contribution < 1.29 is 0 Å². The normalized spacial score (nSPS) is 14.3. The van der Waals surface area contributed by atoms with Crippen molar-refractivity contribution in [1.82, 2.24) is 5.32 Å². The van der Waals surface area contributed by atoms with Gasteiger partial charge in [0, 0.05) is 21.8 Å². The van der Waals surface area contributed by atoms with Gasteiger partial charge in [0.1, 0.15) is 0 Å². The van der Waals surface area contributed by atoms with Crippen molar-refractivity contribution in [3.63, 3.8) is 0 Å². The molecule has 0 aliphatic carbocycles. The van der Waals surface area contributed by atoms with E-state index in [1.165, 1.54) is 20.9 Å². The second kappa shape index (κ2) is 6.36. The molecule has 1 N–H and O–H groups in total. The van der Waals surface area contributed by atoms with E-state index in [-0.39, 0.29) is 0 Å². The van der Waals surface area contributed by atoms with E-state index in [4.69, 9.17) is 0 Å². The smallest absolute Gasteiger partial charge is 0.0391 e. The summed E-state index contributed by atoms with van der Waals surface area (Å²) in [5.74, 6) is 0. The zero-order chi connectivity index (χ0) is 13.8. The molecule has 0 saturated heterocycles. The maximum atomic E-state index is 3.67. The Labute approximate surface area is 120 Å². The van der Waals surface area contributed by atoms with Crippen LogP contribution in [0.1, 0.15) is 53.7 Å². The molecule has 0 spiro atoms. The Hall–Kier alpha value is -1.12. The topological polar surface area (TPSA) is 12.0 Å². The third-order valence-electron chi connectivity index (χ3n) is 3.58. The van der Waals surface area contributed by atoms with E-state index in [2.05, 4.69) is 69.4 Å². The number of thiophene rings is 1. The van der Waals surface area contributed by atoms with Crippen LogP contribution in [0.25, 0.3) is 0 Å². The van der Waals surface area contributed by atoms with Crippen molar-refractivity contribution in [2.75, 3.05) is 0 Å². The average molecular weight is 273 g/mol. The number of nitrogens with one attached hydrogen (secondary N) is 1. The molecule has 1 aromatic carbocycles. The summed E-state index contributed by atoms with van der Waals surface area (Å²) in [5.41, 5.74) is 2.76. The van der Waals surface area contributed by atoms with Gasteiger partial charge in [0.05, 0.1) is 0 Å². The summed E-state index contributed by atoms with van der Waals surface area (Å²) in [7, 11) is 0. The molecular formula is C17H23NS. The lowest BCUT2D eigenvalue weighted by atomic mass is 10.0. The van der Waals surface area contributed by atoms with Gasteiger partial charge in [-0.05, 0) is 50.5 Å². The highest BCUT2D eigenvalue weighted by molar-refractivity contribution is 7.12. The highest BCUT2D eigenvalue weighted by atomic mass is 32.1. The van der Waals surface area contributed by atoms with Gasteiger partial charge in [0.15, 0.2) is 0 Å². The van der Waals surface area contributed by atoms with E-state index in [1.54, 1.807) is 0 Å². The Morgan fingerprint density at radius 3 is 2.21 bits per heavy atom. The van der Waals surface area contributed by atoms with Crippen molar-refractivity contribution in [2.45, 2.75) is 46.2 Å². The Balaban J connectivity index is 2.01. The fourth-order valence-electron chi connectivity index (χ4n) is 2.28. The molecule has 0 amide bonds. The van der Waals surface area contributed by atoms with Crippen molar-refractivity contribution in [2.24, 2.45) is 0 Å².